The molecule has 3 heterocycles. The van der Waals surface area contributed by atoms with E-state index in [1.165, 1.54) is 10.4 Å². The molecule has 0 aliphatic carbocycles. The molecule has 2 N–H and O–H groups in total. The largest absolute Gasteiger partial charge is 0.380 e. The van der Waals surface area contributed by atoms with Crippen LogP contribution in [0.4, 0.5) is 5.82 Å². The van der Waals surface area contributed by atoms with Gasteiger partial charge in [0.05, 0.1) is 10.4 Å². The summed E-state index contributed by atoms with van der Waals surface area (Å²) in [4.78, 5) is 6.33. The minimum absolute atomic E-state index is 0.407. The van der Waals surface area contributed by atoms with Crippen LogP contribution >= 0.6 is 11.3 Å². The second kappa shape index (κ2) is 4.51. The molecule has 3 aromatic rings. The summed E-state index contributed by atoms with van der Waals surface area (Å²) in [6, 6.07) is 5.91. The Bertz CT molecular complexity index is 696. The van der Waals surface area contributed by atoms with E-state index in [0.717, 1.165) is 21.8 Å². The summed E-state index contributed by atoms with van der Waals surface area (Å²) in [5, 5.41) is 3.90. The predicted octanol–water partition coefficient (Wildman–Crippen LogP) is 3.66. The zero-order chi connectivity index (χ0) is 13.4. The van der Waals surface area contributed by atoms with Crippen molar-refractivity contribution >= 4 is 17.2 Å². The zero-order valence-electron chi connectivity index (χ0n) is 10.7. The Morgan fingerprint density at radius 2 is 1.95 bits per heavy atom. The number of nitrogens with zero attached hydrogens (tertiary/aromatic N) is 2. The van der Waals surface area contributed by atoms with Gasteiger partial charge in [0, 0.05) is 17.3 Å². The summed E-state index contributed by atoms with van der Waals surface area (Å²) in [5.74, 6) is 1.13. The molecule has 0 amide bonds. The van der Waals surface area contributed by atoms with E-state index in [4.69, 9.17) is 10.3 Å². The first-order valence-corrected chi connectivity index (χ1v) is 6.71. The molecule has 0 aromatic carbocycles. The fourth-order valence-corrected chi connectivity index (χ4v) is 2.97. The summed E-state index contributed by atoms with van der Waals surface area (Å²) in [6.07, 6.45) is 3.47. The molecule has 0 atom stereocenters. The van der Waals surface area contributed by atoms with Gasteiger partial charge in [0.25, 0.3) is 0 Å². The van der Waals surface area contributed by atoms with Gasteiger partial charge in [0.15, 0.2) is 11.6 Å². The quantitative estimate of drug-likeness (QED) is 0.772. The molecule has 3 rings (SSSR count). The van der Waals surface area contributed by atoms with Crippen molar-refractivity contribution in [2.45, 2.75) is 13.8 Å². The van der Waals surface area contributed by atoms with Crippen molar-refractivity contribution in [3.05, 3.63) is 41.0 Å². The van der Waals surface area contributed by atoms with Gasteiger partial charge >= 0.3 is 0 Å². The molecule has 0 aliphatic heterocycles. The zero-order valence-corrected chi connectivity index (χ0v) is 11.5. The first-order chi connectivity index (χ1) is 9.16. The van der Waals surface area contributed by atoms with Crippen LogP contribution in [0.25, 0.3) is 21.8 Å². The highest BCUT2D eigenvalue weighted by Gasteiger charge is 2.19. The first kappa shape index (κ1) is 11.9. The van der Waals surface area contributed by atoms with Crippen molar-refractivity contribution in [3.63, 3.8) is 0 Å². The van der Waals surface area contributed by atoms with Gasteiger partial charge in [-0.25, -0.2) is 0 Å². The lowest BCUT2D eigenvalue weighted by Crippen LogP contribution is -1.88. The van der Waals surface area contributed by atoms with Crippen molar-refractivity contribution in [1.29, 1.82) is 0 Å². The minimum atomic E-state index is 0.407. The van der Waals surface area contributed by atoms with Crippen LogP contribution in [0.15, 0.2) is 35.1 Å². The monoisotopic (exact) mass is 271 g/mol. The van der Waals surface area contributed by atoms with E-state index in [-0.39, 0.29) is 0 Å². The third kappa shape index (κ3) is 2.02. The number of aryl methyl sites for hydroxylation is 2. The van der Waals surface area contributed by atoms with E-state index in [0.29, 0.717) is 5.82 Å². The van der Waals surface area contributed by atoms with Gasteiger partial charge in [0.1, 0.15) is 0 Å². The van der Waals surface area contributed by atoms with Gasteiger partial charge in [-0.15, -0.1) is 11.3 Å². The summed E-state index contributed by atoms with van der Waals surface area (Å²) >= 11 is 1.68. The molecule has 0 unspecified atom stereocenters. The molecule has 3 aromatic heterocycles. The van der Waals surface area contributed by atoms with E-state index < -0.39 is 0 Å². The summed E-state index contributed by atoms with van der Waals surface area (Å²) < 4.78 is 5.42. The number of nitrogen functional groups attached to an aromatic ring is 1. The van der Waals surface area contributed by atoms with Gasteiger partial charge in [-0.2, -0.15) is 0 Å². The average Bonchev–Trinajstić information content (AvgIpc) is 2.95. The standard InChI is InChI=1S/C14H13N3OS/c1-8-7-11(19-9(8)2)13-12(14(15)17-18-13)10-3-5-16-6-4-10/h3-7H,1-2H3,(H2,15,17). The second-order valence-corrected chi connectivity index (χ2v) is 5.61. The topological polar surface area (TPSA) is 64.9 Å². The third-order valence-corrected chi connectivity index (χ3v) is 4.23. The van der Waals surface area contributed by atoms with Crippen LogP contribution in [0.3, 0.4) is 0 Å². The Kier molecular flexibility index (Phi) is 2.83. The van der Waals surface area contributed by atoms with Crippen LogP contribution < -0.4 is 5.73 Å². The Labute approximate surface area is 114 Å². The van der Waals surface area contributed by atoms with Crippen LogP contribution in [0.1, 0.15) is 10.4 Å². The van der Waals surface area contributed by atoms with Crippen LogP contribution in [-0.4, -0.2) is 10.1 Å². The van der Waals surface area contributed by atoms with E-state index in [1.54, 1.807) is 23.7 Å². The van der Waals surface area contributed by atoms with E-state index in [2.05, 4.69) is 30.1 Å². The molecular weight excluding hydrogens is 258 g/mol. The number of anilines is 1. The maximum Gasteiger partial charge on any atom is 0.186 e. The normalized spacial score (nSPS) is 10.8. The van der Waals surface area contributed by atoms with Crippen LogP contribution in [0, 0.1) is 13.8 Å². The van der Waals surface area contributed by atoms with Crippen LogP contribution in [-0.2, 0) is 0 Å². The van der Waals surface area contributed by atoms with Crippen molar-refractivity contribution in [2.75, 3.05) is 5.73 Å². The minimum Gasteiger partial charge on any atom is -0.380 e. The van der Waals surface area contributed by atoms with Gasteiger partial charge in [-0.3, -0.25) is 4.98 Å². The number of pyridine rings is 1. The summed E-state index contributed by atoms with van der Waals surface area (Å²) in [7, 11) is 0. The van der Waals surface area contributed by atoms with E-state index >= 15 is 0 Å². The van der Waals surface area contributed by atoms with E-state index in [9.17, 15) is 0 Å². The number of thiophene rings is 1. The number of hydrogen-bond acceptors (Lipinski definition) is 5. The smallest absolute Gasteiger partial charge is 0.186 e. The second-order valence-electron chi connectivity index (χ2n) is 4.36. The summed E-state index contributed by atoms with van der Waals surface area (Å²) in [6.45, 7) is 4.18. The Balaban J connectivity index is 2.19. The highest BCUT2D eigenvalue weighted by Crippen LogP contribution is 2.40. The summed E-state index contributed by atoms with van der Waals surface area (Å²) in [5.41, 5.74) is 8.98. The number of rotatable bonds is 2. The van der Waals surface area contributed by atoms with Crippen molar-refractivity contribution in [1.82, 2.24) is 10.1 Å². The lowest BCUT2D eigenvalue weighted by Gasteiger charge is -1.99. The molecular formula is C14H13N3OS. The molecule has 5 heteroatoms. The lowest BCUT2D eigenvalue weighted by molar-refractivity contribution is 0.437. The Morgan fingerprint density at radius 1 is 1.21 bits per heavy atom. The Hall–Kier alpha value is -2.14. The lowest BCUT2D eigenvalue weighted by atomic mass is 10.1. The fourth-order valence-electron chi connectivity index (χ4n) is 1.95. The van der Waals surface area contributed by atoms with Gasteiger partial charge in [0.2, 0.25) is 0 Å². The molecule has 4 nitrogen and oxygen atoms in total. The average molecular weight is 271 g/mol. The molecule has 0 aliphatic rings. The molecule has 19 heavy (non-hydrogen) atoms. The molecule has 96 valence electrons. The maximum atomic E-state index is 5.93. The Morgan fingerprint density at radius 3 is 2.58 bits per heavy atom. The van der Waals surface area contributed by atoms with Crippen LogP contribution in [0.5, 0.6) is 0 Å². The van der Waals surface area contributed by atoms with Gasteiger partial charge in [-0.05, 0) is 43.2 Å². The van der Waals surface area contributed by atoms with E-state index in [1.807, 2.05) is 12.1 Å². The molecule has 0 radical (unpaired) electrons. The van der Waals surface area contributed by atoms with Crippen LogP contribution in [0.2, 0.25) is 0 Å². The van der Waals surface area contributed by atoms with Crippen molar-refractivity contribution < 1.29 is 4.52 Å². The molecule has 0 spiro atoms. The molecule has 0 bridgehead atoms. The fraction of sp³-hybridized carbons (Fsp3) is 0.143. The number of aromatic nitrogens is 2. The number of nitrogens with two attached hydrogens (primary N) is 1. The third-order valence-electron chi connectivity index (χ3n) is 3.08. The first-order valence-electron chi connectivity index (χ1n) is 5.89. The highest BCUT2D eigenvalue weighted by atomic mass is 32.1. The van der Waals surface area contributed by atoms with Crippen molar-refractivity contribution in [2.24, 2.45) is 0 Å². The van der Waals surface area contributed by atoms with Gasteiger partial charge in [-0.1, -0.05) is 5.16 Å². The predicted molar refractivity (Wildman–Crippen MR) is 76.9 cm³/mol. The highest BCUT2D eigenvalue weighted by molar-refractivity contribution is 7.15. The molecule has 0 saturated carbocycles. The maximum absolute atomic E-state index is 5.93. The van der Waals surface area contributed by atoms with Crippen molar-refractivity contribution in [3.8, 4) is 21.8 Å². The number of hydrogen-bond donors (Lipinski definition) is 1. The SMILES string of the molecule is Cc1cc(-c2onc(N)c2-c2ccncc2)sc1C. The van der Waals surface area contributed by atoms with Gasteiger partial charge < -0.3 is 10.3 Å². The molecule has 0 fully saturated rings. The molecule has 0 saturated heterocycles.